The van der Waals surface area contributed by atoms with Crippen molar-refractivity contribution in [1.82, 2.24) is 4.90 Å². The van der Waals surface area contributed by atoms with Crippen molar-refractivity contribution in [2.24, 2.45) is 0 Å². The molecule has 0 aliphatic rings. The second kappa shape index (κ2) is 6.53. The Bertz CT molecular complexity index is 327. The van der Waals surface area contributed by atoms with E-state index in [2.05, 4.69) is 6.26 Å². The van der Waals surface area contributed by atoms with Gasteiger partial charge in [0.2, 0.25) is 0 Å². The summed E-state index contributed by atoms with van der Waals surface area (Å²) in [7, 11) is 1.96. The highest BCUT2D eigenvalue weighted by atomic mass is 35.5. The third kappa shape index (κ3) is 4.55. The van der Waals surface area contributed by atoms with E-state index in [1.807, 2.05) is 11.9 Å². The molecule has 1 heterocycles. The Balaban J connectivity index is 2.42. The first kappa shape index (κ1) is 13.0. The van der Waals surface area contributed by atoms with Crippen LogP contribution in [-0.4, -0.2) is 42.8 Å². The number of thiophene rings is 1. The van der Waals surface area contributed by atoms with Crippen LogP contribution in [0.2, 0.25) is 4.34 Å². The first-order valence-electron chi connectivity index (χ1n) is 4.59. The van der Waals surface area contributed by atoms with E-state index < -0.39 is 0 Å². The van der Waals surface area contributed by atoms with Crippen molar-refractivity contribution in [3.8, 4) is 0 Å². The third-order valence-corrected chi connectivity index (χ3v) is 3.80. The van der Waals surface area contributed by atoms with E-state index in [0.29, 0.717) is 10.9 Å². The number of halogens is 1. The fourth-order valence-corrected chi connectivity index (χ4v) is 2.58. The molecule has 0 saturated heterocycles. The standard InChI is InChI=1S/C10H14ClNOS2/c1-12(5-6-14-2)7-8(13)9-3-4-10(11)15-9/h3-4H,5-7H2,1-2H3. The van der Waals surface area contributed by atoms with Gasteiger partial charge in [0.15, 0.2) is 5.78 Å². The number of likely N-dealkylation sites (N-methyl/N-ethyl adjacent to an activating group) is 1. The van der Waals surface area contributed by atoms with Gasteiger partial charge in [-0.2, -0.15) is 11.8 Å². The summed E-state index contributed by atoms with van der Waals surface area (Å²) in [5.41, 5.74) is 0. The monoisotopic (exact) mass is 263 g/mol. The number of Topliss-reactive ketones (excluding diaryl/α,β-unsaturated/α-hetero) is 1. The van der Waals surface area contributed by atoms with Gasteiger partial charge in [-0.25, -0.2) is 0 Å². The summed E-state index contributed by atoms with van der Waals surface area (Å²) in [5.74, 6) is 1.20. The van der Waals surface area contributed by atoms with Crippen LogP contribution in [0.5, 0.6) is 0 Å². The van der Waals surface area contributed by atoms with Crippen LogP contribution >= 0.6 is 34.7 Å². The smallest absolute Gasteiger partial charge is 0.186 e. The average Bonchev–Trinajstić information content (AvgIpc) is 2.61. The van der Waals surface area contributed by atoms with Crippen molar-refractivity contribution >= 4 is 40.5 Å². The Morgan fingerprint density at radius 3 is 2.87 bits per heavy atom. The van der Waals surface area contributed by atoms with E-state index in [0.717, 1.165) is 17.2 Å². The van der Waals surface area contributed by atoms with Gasteiger partial charge in [-0.05, 0) is 25.4 Å². The zero-order valence-corrected chi connectivity index (χ0v) is 11.2. The zero-order valence-electron chi connectivity index (χ0n) is 8.83. The lowest BCUT2D eigenvalue weighted by Crippen LogP contribution is -2.27. The first-order chi connectivity index (χ1) is 7.13. The molecule has 0 aromatic carbocycles. The molecule has 0 atom stereocenters. The molecular formula is C10H14ClNOS2. The lowest BCUT2D eigenvalue weighted by Gasteiger charge is -2.13. The minimum Gasteiger partial charge on any atom is -0.298 e. The van der Waals surface area contributed by atoms with Crippen LogP contribution in [0.15, 0.2) is 12.1 Å². The molecule has 0 fully saturated rings. The quantitative estimate of drug-likeness (QED) is 0.736. The number of nitrogens with zero attached hydrogens (tertiary/aromatic N) is 1. The van der Waals surface area contributed by atoms with E-state index >= 15 is 0 Å². The van der Waals surface area contributed by atoms with Gasteiger partial charge >= 0.3 is 0 Å². The van der Waals surface area contributed by atoms with Gasteiger partial charge in [-0.15, -0.1) is 11.3 Å². The molecule has 0 radical (unpaired) electrons. The van der Waals surface area contributed by atoms with Crippen LogP contribution in [0.1, 0.15) is 9.67 Å². The molecule has 0 saturated carbocycles. The summed E-state index contributed by atoms with van der Waals surface area (Å²) in [4.78, 5) is 14.5. The highest BCUT2D eigenvalue weighted by Crippen LogP contribution is 2.21. The maximum atomic E-state index is 11.7. The predicted molar refractivity (Wildman–Crippen MR) is 69.5 cm³/mol. The maximum absolute atomic E-state index is 11.7. The highest BCUT2D eigenvalue weighted by Gasteiger charge is 2.11. The Labute approximate surface area is 104 Å². The van der Waals surface area contributed by atoms with Crippen molar-refractivity contribution in [1.29, 1.82) is 0 Å². The van der Waals surface area contributed by atoms with Crippen molar-refractivity contribution in [3.63, 3.8) is 0 Å². The van der Waals surface area contributed by atoms with Gasteiger partial charge in [0.25, 0.3) is 0 Å². The van der Waals surface area contributed by atoms with Crippen LogP contribution in [-0.2, 0) is 0 Å². The Kier molecular flexibility index (Phi) is 5.68. The molecular weight excluding hydrogens is 250 g/mol. The third-order valence-electron chi connectivity index (χ3n) is 1.94. The summed E-state index contributed by atoms with van der Waals surface area (Å²) in [6.45, 7) is 1.41. The van der Waals surface area contributed by atoms with Gasteiger partial charge < -0.3 is 0 Å². The second-order valence-electron chi connectivity index (χ2n) is 3.26. The minimum absolute atomic E-state index is 0.149. The van der Waals surface area contributed by atoms with Gasteiger partial charge in [0.1, 0.15) is 0 Å². The summed E-state index contributed by atoms with van der Waals surface area (Å²) < 4.78 is 0.671. The van der Waals surface area contributed by atoms with E-state index in [9.17, 15) is 4.79 Å². The number of carbonyl (C=O) groups is 1. The second-order valence-corrected chi connectivity index (χ2v) is 5.96. The van der Waals surface area contributed by atoms with E-state index in [-0.39, 0.29) is 5.78 Å². The summed E-state index contributed by atoms with van der Waals surface area (Å²) in [6, 6.07) is 3.55. The van der Waals surface area contributed by atoms with Crippen molar-refractivity contribution in [2.75, 3.05) is 32.1 Å². The number of carbonyl (C=O) groups excluding carboxylic acids is 1. The molecule has 1 aromatic heterocycles. The number of hydrogen-bond acceptors (Lipinski definition) is 4. The highest BCUT2D eigenvalue weighted by molar-refractivity contribution is 7.98. The minimum atomic E-state index is 0.149. The molecule has 15 heavy (non-hydrogen) atoms. The Morgan fingerprint density at radius 2 is 2.33 bits per heavy atom. The van der Waals surface area contributed by atoms with Gasteiger partial charge in [-0.3, -0.25) is 9.69 Å². The van der Waals surface area contributed by atoms with Gasteiger partial charge in [0.05, 0.1) is 15.8 Å². The molecule has 5 heteroatoms. The molecule has 0 unspecified atom stereocenters. The molecule has 0 spiro atoms. The molecule has 0 N–H and O–H groups in total. The zero-order chi connectivity index (χ0) is 11.3. The van der Waals surface area contributed by atoms with Gasteiger partial charge in [0, 0.05) is 12.3 Å². The molecule has 2 nitrogen and oxygen atoms in total. The molecule has 84 valence electrons. The summed E-state index contributed by atoms with van der Waals surface area (Å²) in [6.07, 6.45) is 2.06. The van der Waals surface area contributed by atoms with Crippen LogP contribution in [0.3, 0.4) is 0 Å². The lowest BCUT2D eigenvalue weighted by atomic mass is 10.3. The SMILES string of the molecule is CSCCN(C)CC(=O)c1ccc(Cl)s1. The predicted octanol–water partition coefficient (Wildman–Crippen LogP) is 2.88. The molecule has 0 aliphatic heterocycles. The van der Waals surface area contributed by atoms with E-state index in [4.69, 9.17) is 11.6 Å². The largest absolute Gasteiger partial charge is 0.298 e. The van der Waals surface area contributed by atoms with Crippen LogP contribution in [0.25, 0.3) is 0 Å². The van der Waals surface area contributed by atoms with Crippen LogP contribution < -0.4 is 0 Å². The maximum Gasteiger partial charge on any atom is 0.186 e. The fraction of sp³-hybridized carbons (Fsp3) is 0.500. The van der Waals surface area contributed by atoms with Gasteiger partial charge in [-0.1, -0.05) is 11.6 Å². The molecule has 0 bridgehead atoms. The van der Waals surface area contributed by atoms with Crippen molar-refractivity contribution in [2.45, 2.75) is 0 Å². The molecule has 1 aromatic rings. The number of thioether (sulfide) groups is 1. The van der Waals surface area contributed by atoms with E-state index in [1.165, 1.54) is 11.3 Å². The van der Waals surface area contributed by atoms with E-state index in [1.54, 1.807) is 23.9 Å². The fourth-order valence-electron chi connectivity index (χ4n) is 1.11. The number of ketones is 1. The van der Waals surface area contributed by atoms with Crippen LogP contribution in [0, 0.1) is 0 Å². The normalized spacial score (nSPS) is 10.9. The molecule has 1 rings (SSSR count). The summed E-state index contributed by atoms with van der Waals surface area (Å²) >= 11 is 8.91. The number of hydrogen-bond donors (Lipinski definition) is 0. The Hall–Kier alpha value is -0.0300. The average molecular weight is 264 g/mol. The van der Waals surface area contributed by atoms with Crippen LogP contribution in [0.4, 0.5) is 0 Å². The number of rotatable bonds is 6. The van der Waals surface area contributed by atoms with Crippen molar-refractivity contribution in [3.05, 3.63) is 21.3 Å². The molecule has 0 amide bonds. The van der Waals surface area contributed by atoms with Crippen molar-refractivity contribution < 1.29 is 4.79 Å². The topological polar surface area (TPSA) is 20.3 Å². The Morgan fingerprint density at radius 1 is 1.60 bits per heavy atom. The lowest BCUT2D eigenvalue weighted by molar-refractivity contribution is 0.0953. The summed E-state index contributed by atoms with van der Waals surface area (Å²) in [5, 5.41) is 0. The first-order valence-corrected chi connectivity index (χ1v) is 7.18. The molecule has 0 aliphatic carbocycles.